The number of hydrogen-bond acceptors (Lipinski definition) is 4. The SMILES string of the molecule is CN(CCCCCO)c1ccc(F)c(N)c1C(=O)O. The van der Waals surface area contributed by atoms with Crippen molar-refractivity contribution in [3.8, 4) is 0 Å². The van der Waals surface area contributed by atoms with Gasteiger partial charge >= 0.3 is 5.97 Å². The summed E-state index contributed by atoms with van der Waals surface area (Å²) in [6, 6.07) is 2.59. The molecule has 0 radical (unpaired) electrons. The molecule has 0 aliphatic carbocycles. The average molecular weight is 270 g/mol. The fraction of sp³-hybridized carbons (Fsp3) is 0.462. The quantitative estimate of drug-likeness (QED) is 0.518. The normalized spacial score (nSPS) is 10.5. The molecule has 0 heterocycles. The Morgan fingerprint density at radius 3 is 2.63 bits per heavy atom. The summed E-state index contributed by atoms with van der Waals surface area (Å²) in [6.07, 6.45) is 2.37. The minimum Gasteiger partial charge on any atom is -0.478 e. The molecule has 0 unspecified atom stereocenters. The third-order valence-corrected chi connectivity index (χ3v) is 2.95. The van der Waals surface area contributed by atoms with E-state index in [1.807, 2.05) is 0 Å². The molecule has 0 fully saturated rings. The molecule has 0 saturated heterocycles. The number of hydrogen-bond donors (Lipinski definition) is 3. The van der Waals surface area contributed by atoms with Gasteiger partial charge in [0, 0.05) is 20.2 Å². The van der Waals surface area contributed by atoms with Crippen molar-refractivity contribution in [1.29, 1.82) is 0 Å². The number of rotatable bonds is 7. The first-order valence-electron chi connectivity index (χ1n) is 6.12. The summed E-state index contributed by atoms with van der Waals surface area (Å²) in [4.78, 5) is 12.9. The standard InChI is InChI=1S/C13H19FN2O3/c1-16(7-3-2-4-8-17)10-6-5-9(14)12(15)11(10)13(18)19/h5-6,17H,2-4,7-8,15H2,1H3,(H,18,19). The molecule has 6 heteroatoms. The number of aromatic carboxylic acids is 1. The number of carboxylic acids is 1. The van der Waals surface area contributed by atoms with E-state index >= 15 is 0 Å². The minimum atomic E-state index is -1.24. The Balaban J connectivity index is 2.87. The van der Waals surface area contributed by atoms with Crippen molar-refractivity contribution in [2.75, 3.05) is 30.8 Å². The number of carboxylic acid groups (broad SMARTS) is 1. The Bertz CT molecular complexity index is 452. The van der Waals surface area contributed by atoms with Crippen molar-refractivity contribution in [3.05, 3.63) is 23.5 Å². The number of anilines is 2. The molecule has 0 aliphatic rings. The van der Waals surface area contributed by atoms with E-state index < -0.39 is 11.8 Å². The second-order valence-corrected chi connectivity index (χ2v) is 4.37. The van der Waals surface area contributed by atoms with E-state index in [2.05, 4.69) is 0 Å². The van der Waals surface area contributed by atoms with Crippen LogP contribution in [-0.2, 0) is 0 Å². The average Bonchev–Trinajstić information content (AvgIpc) is 2.37. The molecule has 0 aliphatic heterocycles. The second kappa shape index (κ2) is 6.94. The Hall–Kier alpha value is -1.82. The van der Waals surface area contributed by atoms with E-state index in [4.69, 9.17) is 15.9 Å². The lowest BCUT2D eigenvalue weighted by Gasteiger charge is -2.22. The Kier molecular flexibility index (Phi) is 5.57. The maximum atomic E-state index is 13.3. The third-order valence-electron chi connectivity index (χ3n) is 2.95. The van der Waals surface area contributed by atoms with Gasteiger partial charge in [-0.1, -0.05) is 0 Å². The first-order chi connectivity index (χ1) is 8.99. The highest BCUT2D eigenvalue weighted by atomic mass is 19.1. The van der Waals surface area contributed by atoms with Crippen LogP contribution in [-0.4, -0.2) is 36.4 Å². The zero-order valence-corrected chi connectivity index (χ0v) is 10.9. The lowest BCUT2D eigenvalue weighted by atomic mass is 10.1. The number of benzene rings is 1. The fourth-order valence-electron chi connectivity index (χ4n) is 1.88. The zero-order chi connectivity index (χ0) is 14.4. The van der Waals surface area contributed by atoms with Crippen LogP contribution in [0.5, 0.6) is 0 Å². The molecule has 4 N–H and O–H groups in total. The van der Waals surface area contributed by atoms with Crippen LogP contribution in [0.4, 0.5) is 15.8 Å². The highest BCUT2D eigenvalue weighted by Crippen LogP contribution is 2.27. The van der Waals surface area contributed by atoms with Crippen molar-refractivity contribution in [3.63, 3.8) is 0 Å². The second-order valence-electron chi connectivity index (χ2n) is 4.37. The van der Waals surface area contributed by atoms with Crippen LogP contribution in [0.2, 0.25) is 0 Å². The van der Waals surface area contributed by atoms with E-state index in [-0.39, 0.29) is 17.9 Å². The van der Waals surface area contributed by atoms with E-state index in [1.54, 1.807) is 11.9 Å². The number of nitrogens with zero attached hydrogens (tertiary/aromatic N) is 1. The smallest absolute Gasteiger partial charge is 0.340 e. The summed E-state index contributed by atoms with van der Waals surface area (Å²) < 4.78 is 13.3. The molecule has 1 rings (SSSR count). The Morgan fingerprint density at radius 1 is 1.37 bits per heavy atom. The number of unbranched alkanes of at least 4 members (excludes halogenated alkanes) is 2. The molecular formula is C13H19FN2O3. The minimum absolute atomic E-state index is 0.146. The first kappa shape index (κ1) is 15.2. The van der Waals surface area contributed by atoms with Crippen LogP contribution in [0.1, 0.15) is 29.6 Å². The largest absolute Gasteiger partial charge is 0.478 e. The van der Waals surface area contributed by atoms with Gasteiger partial charge in [-0.25, -0.2) is 9.18 Å². The number of carbonyl (C=O) groups is 1. The molecule has 1 aromatic carbocycles. The van der Waals surface area contributed by atoms with Crippen LogP contribution in [0.3, 0.4) is 0 Å². The summed E-state index contributed by atoms with van der Waals surface area (Å²) in [7, 11) is 1.73. The number of nitrogens with two attached hydrogens (primary N) is 1. The molecule has 0 atom stereocenters. The summed E-state index contributed by atoms with van der Waals surface area (Å²) in [5.74, 6) is -1.97. The summed E-state index contributed by atoms with van der Waals surface area (Å²) in [5.41, 5.74) is 5.34. The molecular weight excluding hydrogens is 251 g/mol. The summed E-state index contributed by atoms with van der Waals surface area (Å²) in [5, 5.41) is 17.8. The zero-order valence-electron chi connectivity index (χ0n) is 10.9. The van der Waals surface area contributed by atoms with Crippen LogP contribution in [0.25, 0.3) is 0 Å². The number of aliphatic hydroxyl groups is 1. The monoisotopic (exact) mass is 270 g/mol. The van der Waals surface area contributed by atoms with Gasteiger partial charge in [-0.3, -0.25) is 0 Å². The lowest BCUT2D eigenvalue weighted by Crippen LogP contribution is -2.22. The van der Waals surface area contributed by atoms with Crippen LogP contribution >= 0.6 is 0 Å². The summed E-state index contributed by atoms with van der Waals surface area (Å²) >= 11 is 0. The predicted octanol–water partition coefficient (Wildman–Crippen LogP) is 1.70. The van der Waals surface area contributed by atoms with Gasteiger partial charge in [0.05, 0.1) is 11.4 Å². The predicted molar refractivity (Wildman–Crippen MR) is 72.0 cm³/mol. The van der Waals surface area contributed by atoms with Gasteiger partial charge in [-0.15, -0.1) is 0 Å². The van der Waals surface area contributed by atoms with Crippen LogP contribution in [0.15, 0.2) is 12.1 Å². The van der Waals surface area contributed by atoms with Crippen LogP contribution < -0.4 is 10.6 Å². The van der Waals surface area contributed by atoms with Crippen molar-refractivity contribution in [2.24, 2.45) is 0 Å². The molecule has 0 bridgehead atoms. The van der Waals surface area contributed by atoms with Crippen molar-refractivity contribution < 1.29 is 19.4 Å². The van der Waals surface area contributed by atoms with E-state index in [9.17, 15) is 9.18 Å². The van der Waals surface area contributed by atoms with Gasteiger partial charge in [0.2, 0.25) is 0 Å². The van der Waals surface area contributed by atoms with Crippen LogP contribution in [0, 0.1) is 5.82 Å². The topological polar surface area (TPSA) is 86.8 Å². The Labute approximate surface area is 111 Å². The molecule has 0 amide bonds. The molecule has 5 nitrogen and oxygen atoms in total. The maximum Gasteiger partial charge on any atom is 0.340 e. The number of aliphatic hydroxyl groups excluding tert-OH is 1. The molecule has 19 heavy (non-hydrogen) atoms. The lowest BCUT2D eigenvalue weighted by molar-refractivity contribution is 0.0698. The van der Waals surface area contributed by atoms with E-state index in [1.165, 1.54) is 12.1 Å². The molecule has 0 spiro atoms. The molecule has 1 aromatic rings. The van der Waals surface area contributed by atoms with E-state index in [0.29, 0.717) is 18.7 Å². The highest BCUT2D eigenvalue weighted by Gasteiger charge is 2.19. The highest BCUT2D eigenvalue weighted by molar-refractivity contribution is 6.00. The van der Waals surface area contributed by atoms with Gasteiger partial charge in [-0.2, -0.15) is 0 Å². The van der Waals surface area contributed by atoms with Gasteiger partial charge in [0.1, 0.15) is 11.4 Å². The Morgan fingerprint density at radius 2 is 2.05 bits per heavy atom. The number of halogens is 1. The fourth-order valence-corrected chi connectivity index (χ4v) is 1.88. The van der Waals surface area contributed by atoms with Gasteiger partial charge in [0.25, 0.3) is 0 Å². The van der Waals surface area contributed by atoms with Crippen molar-refractivity contribution >= 4 is 17.3 Å². The molecule has 0 saturated carbocycles. The van der Waals surface area contributed by atoms with Gasteiger partial charge in [0.15, 0.2) is 0 Å². The van der Waals surface area contributed by atoms with Crippen molar-refractivity contribution in [1.82, 2.24) is 0 Å². The molecule has 106 valence electrons. The maximum absolute atomic E-state index is 13.3. The number of nitrogen functional groups attached to an aromatic ring is 1. The third kappa shape index (κ3) is 3.82. The van der Waals surface area contributed by atoms with Gasteiger partial charge in [-0.05, 0) is 31.4 Å². The first-order valence-corrected chi connectivity index (χ1v) is 6.12. The summed E-state index contributed by atoms with van der Waals surface area (Å²) in [6.45, 7) is 0.763. The van der Waals surface area contributed by atoms with Gasteiger partial charge < -0.3 is 20.8 Å². The molecule has 0 aromatic heterocycles. The van der Waals surface area contributed by atoms with Crippen molar-refractivity contribution in [2.45, 2.75) is 19.3 Å². The van der Waals surface area contributed by atoms with E-state index in [0.717, 1.165) is 12.8 Å².